The maximum atomic E-state index is 12.5. The van der Waals surface area contributed by atoms with E-state index in [0.29, 0.717) is 5.82 Å². The molecule has 0 spiro atoms. The van der Waals surface area contributed by atoms with Gasteiger partial charge in [-0.2, -0.15) is 10.2 Å². The highest BCUT2D eigenvalue weighted by Gasteiger charge is 2.13. The first kappa shape index (κ1) is 20.4. The molecule has 0 saturated heterocycles. The Balaban J connectivity index is 1.36. The minimum Gasteiger partial charge on any atom is -0.331 e. The highest BCUT2D eigenvalue weighted by Crippen LogP contribution is 2.22. The molecule has 33 heavy (non-hydrogen) atoms. The summed E-state index contributed by atoms with van der Waals surface area (Å²) in [7, 11) is 1.91. The number of benzene rings is 3. The van der Waals surface area contributed by atoms with Gasteiger partial charge in [0.05, 0.1) is 29.4 Å². The molecule has 0 aliphatic rings. The van der Waals surface area contributed by atoms with Gasteiger partial charge in [-0.3, -0.25) is 4.79 Å². The van der Waals surface area contributed by atoms with E-state index in [9.17, 15) is 4.79 Å². The summed E-state index contributed by atoms with van der Waals surface area (Å²) in [4.78, 5) is 17.1. The molecule has 0 bridgehead atoms. The molecule has 0 fully saturated rings. The summed E-state index contributed by atoms with van der Waals surface area (Å²) in [6.07, 6.45) is 3.66. The standard InChI is InChI=1S/C26H22N6O/c1-31-23-15-9-8-14-22(23)28-24(31)16-25(33)29-27-17-20-18-32(21-12-6-3-7-13-21)30-26(20)19-10-4-2-5-11-19/h2-15,17-18H,16H2,1H3,(H,29,33)/b27-17+. The molecule has 2 heterocycles. The van der Waals surface area contributed by atoms with Crippen LogP contribution in [0.5, 0.6) is 0 Å². The molecular weight excluding hydrogens is 412 g/mol. The Morgan fingerprint density at radius 3 is 2.42 bits per heavy atom. The Morgan fingerprint density at radius 1 is 0.970 bits per heavy atom. The summed E-state index contributed by atoms with van der Waals surface area (Å²) in [6, 6.07) is 27.6. The van der Waals surface area contributed by atoms with Crippen molar-refractivity contribution in [3.8, 4) is 16.9 Å². The number of aryl methyl sites for hydroxylation is 1. The molecule has 0 atom stereocenters. The van der Waals surface area contributed by atoms with Gasteiger partial charge < -0.3 is 4.57 Å². The van der Waals surface area contributed by atoms with Gasteiger partial charge in [0.25, 0.3) is 0 Å². The van der Waals surface area contributed by atoms with Gasteiger partial charge in [-0.15, -0.1) is 0 Å². The molecule has 162 valence electrons. The number of amides is 1. The SMILES string of the molecule is Cn1c(CC(=O)N/N=C/c2cn(-c3ccccc3)nc2-c2ccccc2)nc2ccccc21. The van der Waals surface area contributed by atoms with Crippen molar-refractivity contribution in [2.45, 2.75) is 6.42 Å². The molecule has 0 saturated carbocycles. The van der Waals surface area contributed by atoms with Gasteiger partial charge in [0, 0.05) is 24.4 Å². The number of rotatable bonds is 6. The topological polar surface area (TPSA) is 77.1 Å². The molecule has 7 heteroatoms. The number of nitrogens with zero attached hydrogens (tertiary/aromatic N) is 5. The molecule has 0 radical (unpaired) electrons. The molecule has 3 aromatic carbocycles. The number of hydrogen-bond donors (Lipinski definition) is 1. The molecule has 7 nitrogen and oxygen atoms in total. The van der Waals surface area contributed by atoms with Crippen molar-refractivity contribution in [3.05, 3.63) is 103 Å². The lowest BCUT2D eigenvalue weighted by molar-refractivity contribution is -0.120. The number of fused-ring (bicyclic) bond motifs is 1. The van der Waals surface area contributed by atoms with E-state index < -0.39 is 0 Å². The van der Waals surface area contributed by atoms with E-state index in [1.807, 2.05) is 107 Å². The largest absolute Gasteiger partial charge is 0.331 e. The third-order valence-corrected chi connectivity index (χ3v) is 5.40. The van der Waals surface area contributed by atoms with Crippen molar-refractivity contribution in [2.24, 2.45) is 12.1 Å². The quantitative estimate of drug-likeness (QED) is 0.323. The van der Waals surface area contributed by atoms with Crippen LogP contribution in [-0.4, -0.2) is 31.5 Å². The fourth-order valence-corrected chi connectivity index (χ4v) is 3.73. The predicted octanol–water partition coefficient (Wildman–Crippen LogP) is 4.12. The average molecular weight is 435 g/mol. The molecule has 0 aliphatic carbocycles. The van der Waals surface area contributed by atoms with E-state index in [2.05, 4.69) is 15.5 Å². The van der Waals surface area contributed by atoms with Crippen molar-refractivity contribution < 1.29 is 4.79 Å². The highest BCUT2D eigenvalue weighted by molar-refractivity contribution is 5.90. The van der Waals surface area contributed by atoms with Gasteiger partial charge in [-0.05, 0) is 24.3 Å². The average Bonchev–Trinajstić information content (AvgIpc) is 3.42. The number of imidazole rings is 1. The Labute approximate surface area is 191 Å². The van der Waals surface area contributed by atoms with Gasteiger partial charge in [0.15, 0.2) is 0 Å². The molecular formula is C26H22N6O. The summed E-state index contributed by atoms with van der Waals surface area (Å²) < 4.78 is 3.74. The zero-order valence-electron chi connectivity index (χ0n) is 18.1. The number of hydrazone groups is 1. The van der Waals surface area contributed by atoms with E-state index in [4.69, 9.17) is 5.10 Å². The maximum Gasteiger partial charge on any atom is 0.247 e. The zero-order valence-corrected chi connectivity index (χ0v) is 18.1. The lowest BCUT2D eigenvalue weighted by Crippen LogP contribution is -2.21. The van der Waals surface area contributed by atoms with E-state index in [1.165, 1.54) is 0 Å². The summed E-state index contributed by atoms with van der Waals surface area (Å²) in [6.45, 7) is 0. The van der Waals surface area contributed by atoms with Crippen LogP contribution in [0.25, 0.3) is 28.0 Å². The van der Waals surface area contributed by atoms with E-state index in [-0.39, 0.29) is 12.3 Å². The smallest absolute Gasteiger partial charge is 0.247 e. The van der Waals surface area contributed by atoms with Crippen LogP contribution in [0.2, 0.25) is 0 Å². The van der Waals surface area contributed by atoms with Crippen LogP contribution in [0.1, 0.15) is 11.4 Å². The minimum atomic E-state index is -0.235. The fourth-order valence-electron chi connectivity index (χ4n) is 3.73. The van der Waals surface area contributed by atoms with Gasteiger partial charge in [0.1, 0.15) is 11.5 Å². The highest BCUT2D eigenvalue weighted by atomic mass is 16.2. The van der Waals surface area contributed by atoms with Gasteiger partial charge in [-0.25, -0.2) is 15.1 Å². The van der Waals surface area contributed by atoms with E-state index >= 15 is 0 Å². The number of carbonyl (C=O) groups is 1. The third-order valence-electron chi connectivity index (χ3n) is 5.40. The molecule has 0 unspecified atom stereocenters. The summed E-state index contributed by atoms with van der Waals surface area (Å²) in [5.74, 6) is 0.451. The number of hydrogen-bond acceptors (Lipinski definition) is 4. The number of para-hydroxylation sites is 3. The number of carbonyl (C=O) groups excluding carboxylic acids is 1. The second-order valence-corrected chi connectivity index (χ2v) is 7.62. The first-order chi connectivity index (χ1) is 16.2. The molecule has 1 amide bonds. The Morgan fingerprint density at radius 2 is 1.67 bits per heavy atom. The summed E-state index contributed by atoms with van der Waals surface area (Å²) in [5.41, 5.74) is 7.98. The van der Waals surface area contributed by atoms with Crippen LogP contribution in [0.4, 0.5) is 0 Å². The van der Waals surface area contributed by atoms with Crippen LogP contribution < -0.4 is 5.43 Å². The second-order valence-electron chi connectivity index (χ2n) is 7.62. The maximum absolute atomic E-state index is 12.5. The van der Waals surface area contributed by atoms with Crippen LogP contribution in [0.15, 0.2) is 96.2 Å². The molecule has 2 aromatic heterocycles. The monoisotopic (exact) mass is 434 g/mol. The van der Waals surface area contributed by atoms with Crippen LogP contribution >= 0.6 is 0 Å². The van der Waals surface area contributed by atoms with Crippen molar-refractivity contribution in [1.29, 1.82) is 0 Å². The lowest BCUT2D eigenvalue weighted by Gasteiger charge is -2.01. The van der Waals surface area contributed by atoms with Crippen LogP contribution in [-0.2, 0) is 18.3 Å². The van der Waals surface area contributed by atoms with Crippen LogP contribution in [0.3, 0.4) is 0 Å². The molecule has 1 N–H and O–H groups in total. The van der Waals surface area contributed by atoms with E-state index in [0.717, 1.165) is 33.5 Å². The number of nitrogens with one attached hydrogen (secondary N) is 1. The number of aromatic nitrogens is 4. The molecule has 0 aliphatic heterocycles. The summed E-state index contributed by atoms with van der Waals surface area (Å²) >= 11 is 0. The second kappa shape index (κ2) is 8.92. The van der Waals surface area contributed by atoms with Crippen molar-refractivity contribution in [1.82, 2.24) is 24.8 Å². The molecule has 5 rings (SSSR count). The van der Waals surface area contributed by atoms with Gasteiger partial charge in [0.2, 0.25) is 5.91 Å². The first-order valence-electron chi connectivity index (χ1n) is 10.6. The Kier molecular flexibility index (Phi) is 5.51. The Hall–Kier alpha value is -4.52. The van der Waals surface area contributed by atoms with Crippen LogP contribution in [0, 0.1) is 0 Å². The van der Waals surface area contributed by atoms with Crippen molar-refractivity contribution in [3.63, 3.8) is 0 Å². The Bertz CT molecular complexity index is 1430. The van der Waals surface area contributed by atoms with E-state index in [1.54, 1.807) is 6.21 Å². The van der Waals surface area contributed by atoms with Crippen molar-refractivity contribution >= 4 is 23.2 Å². The first-order valence-corrected chi connectivity index (χ1v) is 10.6. The minimum absolute atomic E-state index is 0.136. The van der Waals surface area contributed by atoms with Crippen molar-refractivity contribution in [2.75, 3.05) is 0 Å². The molecule has 5 aromatic rings. The summed E-state index contributed by atoms with van der Waals surface area (Å²) in [5, 5.41) is 8.95. The zero-order chi connectivity index (χ0) is 22.6. The van der Waals surface area contributed by atoms with Gasteiger partial charge in [-0.1, -0.05) is 60.7 Å². The van der Waals surface area contributed by atoms with Gasteiger partial charge >= 0.3 is 0 Å². The lowest BCUT2D eigenvalue weighted by atomic mass is 10.1. The predicted molar refractivity (Wildman–Crippen MR) is 129 cm³/mol. The fraction of sp³-hybridized carbons (Fsp3) is 0.0769. The third kappa shape index (κ3) is 4.29. The normalized spacial score (nSPS) is 11.3.